The molecular weight excluding hydrogens is 454 g/mol. The van der Waals surface area contributed by atoms with Crippen LogP contribution in [0.15, 0.2) is 60.9 Å². The van der Waals surface area contributed by atoms with Crippen molar-refractivity contribution >= 4 is 34.2 Å². The van der Waals surface area contributed by atoms with Gasteiger partial charge in [-0.1, -0.05) is 24.3 Å². The number of aromatic nitrogens is 4. The Hall–Kier alpha value is -3.38. The van der Waals surface area contributed by atoms with Crippen LogP contribution in [0.2, 0.25) is 0 Å². The highest BCUT2D eigenvalue weighted by Crippen LogP contribution is 2.27. The molecule has 4 aromatic rings. The molecule has 0 radical (unpaired) electrons. The number of hydrogen-bond acceptors (Lipinski definition) is 8. The van der Waals surface area contributed by atoms with E-state index in [0.717, 1.165) is 54.3 Å². The summed E-state index contributed by atoms with van der Waals surface area (Å²) >= 11 is -2.30. The summed E-state index contributed by atoms with van der Waals surface area (Å²) in [7, 11) is 1.54. The number of nitrogens with zero attached hydrogens (tertiary/aromatic N) is 6. The molecule has 3 aromatic heterocycles. The average Bonchev–Trinajstić information content (AvgIpc) is 3.28. The van der Waals surface area contributed by atoms with E-state index in [0.29, 0.717) is 11.8 Å². The molecule has 11 heteroatoms. The van der Waals surface area contributed by atoms with Crippen LogP contribution in [0.25, 0.3) is 16.8 Å². The molecule has 1 atom stereocenters. The molecule has 1 aliphatic rings. The highest BCUT2D eigenvalue weighted by Gasteiger charge is 2.14. The van der Waals surface area contributed by atoms with Crippen molar-refractivity contribution in [3.63, 3.8) is 0 Å². The number of morpholine rings is 1. The second-order valence-corrected chi connectivity index (χ2v) is 8.98. The molecule has 4 heterocycles. The van der Waals surface area contributed by atoms with Gasteiger partial charge in [-0.2, -0.15) is 0 Å². The molecule has 1 unspecified atom stereocenters. The average molecular weight is 479 g/mol. The van der Waals surface area contributed by atoms with E-state index in [1.54, 1.807) is 10.7 Å². The monoisotopic (exact) mass is 478 g/mol. The Morgan fingerprint density at radius 2 is 1.91 bits per heavy atom. The maximum atomic E-state index is 11.3. The number of anilines is 3. The number of hydrogen-bond donors (Lipinski definition) is 1. The van der Waals surface area contributed by atoms with Crippen LogP contribution in [0.3, 0.4) is 0 Å². The maximum Gasteiger partial charge on any atom is 0.246 e. The van der Waals surface area contributed by atoms with Crippen molar-refractivity contribution in [3.05, 3.63) is 66.5 Å². The van der Waals surface area contributed by atoms with Gasteiger partial charge in [-0.15, -0.1) is 5.10 Å². The predicted octanol–water partition coefficient (Wildman–Crippen LogP) is 2.60. The first-order valence-electron chi connectivity index (χ1n) is 10.9. The Morgan fingerprint density at radius 1 is 1.09 bits per heavy atom. The van der Waals surface area contributed by atoms with Gasteiger partial charge in [0.05, 0.1) is 42.5 Å². The molecule has 1 aliphatic heterocycles. The highest BCUT2D eigenvalue weighted by atomic mass is 32.2. The minimum atomic E-state index is -2.30. The van der Waals surface area contributed by atoms with Gasteiger partial charge in [-0.25, -0.2) is 18.8 Å². The number of fused-ring (bicyclic) bond motifs is 1. The molecule has 0 bridgehead atoms. The Morgan fingerprint density at radius 3 is 2.68 bits per heavy atom. The molecule has 0 saturated carbocycles. The summed E-state index contributed by atoms with van der Waals surface area (Å²) in [4.78, 5) is 11.2. The summed E-state index contributed by atoms with van der Waals surface area (Å²) in [6.07, 6.45) is 3.57. The van der Waals surface area contributed by atoms with Gasteiger partial charge >= 0.3 is 0 Å². The van der Waals surface area contributed by atoms with E-state index in [1.165, 1.54) is 11.4 Å². The first-order chi connectivity index (χ1) is 16.6. The summed E-state index contributed by atoms with van der Waals surface area (Å²) in [5.74, 6) is 1.05. The van der Waals surface area contributed by atoms with Crippen molar-refractivity contribution < 1.29 is 13.5 Å². The van der Waals surface area contributed by atoms with Crippen molar-refractivity contribution in [2.45, 2.75) is 6.54 Å². The lowest BCUT2D eigenvalue weighted by atomic mass is 10.0. The van der Waals surface area contributed by atoms with Gasteiger partial charge in [-0.3, -0.25) is 4.21 Å². The second kappa shape index (κ2) is 9.85. The lowest BCUT2D eigenvalue weighted by Crippen LogP contribution is -2.36. The summed E-state index contributed by atoms with van der Waals surface area (Å²) < 4.78 is 31.1. The Kier molecular flexibility index (Phi) is 6.50. The van der Waals surface area contributed by atoms with E-state index in [4.69, 9.17) is 4.74 Å². The van der Waals surface area contributed by atoms with E-state index in [2.05, 4.69) is 25.3 Å². The van der Waals surface area contributed by atoms with Crippen LogP contribution in [0, 0.1) is 0 Å². The van der Waals surface area contributed by atoms with Crippen LogP contribution in [-0.4, -0.2) is 66.0 Å². The lowest BCUT2D eigenvalue weighted by molar-refractivity contribution is 0.122. The van der Waals surface area contributed by atoms with Crippen molar-refractivity contribution in [2.75, 3.05) is 43.6 Å². The van der Waals surface area contributed by atoms with Crippen molar-refractivity contribution in [1.29, 1.82) is 0 Å². The summed E-state index contributed by atoms with van der Waals surface area (Å²) in [5.41, 5.74) is 4.50. The van der Waals surface area contributed by atoms with Crippen molar-refractivity contribution in [3.8, 4) is 11.3 Å². The summed E-state index contributed by atoms with van der Waals surface area (Å²) in [5, 5.41) is 7.84. The molecule has 10 nitrogen and oxygen atoms in total. The topological polar surface area (TPSA) is 111 Å². The van der Waals surface area contributed by atoms with Crippen LogP contribution in [0.1, 0.15) is 5.56 Å². The van der Waals surface area contributed by atoms with Gasteiger partial charge in [0.1, 0.15) is 5.82 Å². The summed E-state index contributed by atoms with van der Waals surface area (Å²) in [6, 6.07) is 15.5. The first kappa shape index (κ1) is 22.4. The van der Waals surface area contributed by atoms with E-state index < -0.39 is 11.3 Å². The molecule has 0 aliphatic carbocycles. The van der Waals surface area contributed by atoms with Gasteiger partial charge in [0, 0.05) is 36.5 Å². The molecule has 1 fully saturated rings. The number of rotatable bonds is 7. The van der Waals surface area contributed by atoms with Crippen molar-refractivity contribution in [2.24, 2.45) is 0 Å². The van der Waals surface area contributed by atoms with Crippen LogP contribution in [0.5, 0.6) is 0 Å². The van der Waals surface area contributed by atoms with E-state index in [-0.39, 0.29) is 6.54 Å². The van der Waals surface area contributed by atoms with E-state index in [9.17, 15) is 8.76 Å². The largest absolute Gasteiger partial charge is 0.760 e. The Balaban J connectivity index is 1.40. The molecule has 1 aromatic carbocycles. The Bertz CT molecular complexity index is 1310. The molecule has 34 heavy (non-hydrogen) atoms. The molecule has 1 saturated heterocycles. The fraction of sp³-hybridized carbons (Fsp3) is 0.261. The normalized spacial score (nSPS) is 15.1. The van der Waals surface area contributed by atoms with Crippen LogP contribution >= 0.6 is 0 Å². The third-order valence-electron chi connectivity index (χ3n) is 5.70. The third-order valence-corrected chi connectivity index (χ3v) is 6.34. The minimum Gasteiger partial charge on any atom is -0.760 e. The molecule has 0 spiro atoms. The SMILES string of the molecule is CN(Cc1ccccc1-c1ccc2cnc(Nc3ccc(N4CCOCC4)cn3)nn12)S(=O)[O-]. The highest BCUT2D eigenvalue weighted by molar-refractivity contribution is 7.76. The van der Waals surface area contributed by atoms with Crippen molar-refractivity contribution in [1.82, 2.24) is 23.9 Å². The quantitative estimate of drug-likeness (QED) is 0.404. The molecule has 1 N–H and O–H groups in total. The zero-order valence-corrected chi connectivity index (χ0v) is 19.4. The first-order valence-corrected chi connectivity index (χ1v) is 11.9. The minimum absolute atomic E-state index is 0.259. The zero-order valence-electron chi connectivity index (χ0n) is 18.6. The standard InChI is InChI=1S/C23H25N7O3S/c1-28(34(31)32)16-17-4-2-3-5-20(17)21-8-6-19-15-25-23(27-30(19)21)26-22-9-7-18(14-24-22)29-10-12-33-13-11-29/h2-9,14-15H,10-13,16H2,1H3,(H,31,32)(H,24,26,27)/p-1. The lowest BCUT2D eigenvalue weighted by Gasteiger charge is -2.28. The van der Waals surface area contributed by atoms with Crippen LogP contribution in [0.4, 0.5) is 17.5 Å². The summed E-state index contributed by atoms with van der Waals surface area (Å²) in [6.45, 7) is 3.41. The molecule has 5 rings (SSSR count). The van der Waals surface area contributed by atoms with E-state index in [1.807, 2.05) is 54.7 Å². The van der Waals surface area contributed by atoms with Crippen LogP contribution in [-0.2, 0) is 22.5 Å². The molecule has 176 valence electrons. The number of nitrogens with one attached hydrogen (secondary N) is 1. The second-order valence-electron chi connectivity index (χ2n) is 7.92. The van der Waals surface area contributed by atoms with Gasteiger partial charge in [-0.05, 0) is 36.9 Å². The maximum absolute atomic E-state index is 11.3. The van der Waals surface area contributed by atoms with E-state index >= 15 is 0 Å². The van der Waals surface area contributed by atoms with Gasteiger partial charge < -0.3 is 19.5 Å². The van der Waals surface area contributed by atoms with Gasteiger partial charge in [0.15, 0.2) is 0 Å². The third kappa shape index (κ3) is 4.77. The van der Waals surface area contributed by atoms with Gasteiger partial charge in [0.2, 0.25) is 5.95 Å². The zero-order chi connectivity index (χ0) is 23.5. The fourth-order valence-corrected chi connectivity index (χ4v) is 4.19. The Labute approximate surface area is 199 Å². The molecular formula is C23H24N7O3S-. The molecule has 0 amide bonds. The van der Waals surface area contributed by atoms with Gasteiger partial charge in [0.25, 0.3) is 0 Å². The fourth-order valence-electron chi connectivity index (χ4n) is 3.95. The number of pyridine rings is 1. The number of ether oxygens (including phenoxy) is 1. The van der Waals surface area contributed by atoms with Crippen LogP contribution < -0.4 is 10.2 Å². The smallest absolute Gasteiger partial charge is 0.246 e. The number of benzene rings is 1. The predicted molar refractivity (Wildman–Crippen MR) is 129 cm³/mol.